The number of hydrogen-bond donors (Lipinski definition) is 3. The van der Waals surface area contributed by atoms with Crippen molar-refractivity contribution in [2.24, 2.45) is 5.16 Å². The van der Waals surface area contributed by atoms with Gasteiger partial charge in [0.15, 0.2) is 6.10 Å². The van der Waals surface area contributed by atoms with Crippen LogP contribution in [0.4, 0.5) is 4.79 Å². The Labute approximate surface area is 182 Å². The topological polar surface area (TPSA) is 109 Å². The first kappa shape index (κ1) is 21.6. The Morgan fingerprint density at radius 3 is 2.57 bits per heavy atom. The standard InChI is InChI=1S/C21H22BrN3O5/c22-19-11-17(30-25-19)12-23-20(27)18(10-14-6-8-16(26)9-7-14)24-21(28)29-13-15-4-2-1-3-5-15/h1-9,17-18,26H,10-13H2,(H,23,27)(H,24,28)/t17-,18?/m0/s1. The summed E-state index contributed by atoms with van der Waals surface area (Å²) < 4.78 is 5.92. The van der Waals surface area contributed by atoms with Crippen molar-refractivity contribution in [2.75, 3.05) is 6.54 Å². The maximum Gasteiger partial charge on any atom is 0.408 e. The lowest BCUT2D eigenvalue weighted by Crippen LogP contribution is -2.49. The molecule has 0 bridgehead atoms. The highest BCUT2D eigenvalue weighted by molar-refractivity contribution is 9.18. The molecule has 8 nitrogen and oxygen atoms in total. The zero-order valence-electron chi connectivity index (χ0n) is 16.1. The van der Waals surface area contributed by atoms with E-state index in [4.69, 9.17) is 9.57 Å². The van der Waals surface area contributed by atoms with Gasteiger partial charge < -0.3 is 25.3 Å². The third-order valence-corrected chi connectivity index (χ3v) is 4.87. The number of aromatic hydroxyl groups is 1. The summed E-state index contributed by atoms with van der Waals surface area (Å²) in [5, 5.41) is 18.6. The highest BCUT2D eigenvalue weighted by Crippen LogP contribution is 2.14. The third-order valence-electron chi connectivity index (χ3n) is 4.40. The Morgan fingerprint density at radius 2 is 1.90 bits per heavy atom. The zero-order valence-corrected chi connectivity index (χ0v) is 17.7. The van der Waals surface area contributed by atoms with Crippen LogP contribution in [0.15, 0.2) is 59.8 Å². The van der Waals surface area contributed by atoms with Crippen molar-refractivity contribution in [1.82, 2.24) is 10.6 Å². The minimum Gasteiger partial charge on any atom is -0.508 e. The van der Waals surface area contributed by atoms with Crippen molar-refractivity contribution >= 4 is 32.6 Å². The number of carbonyl (C=O) groups is 2. The summed E-state index contributed by atoms with van der Waals surface area (Å²) in [6.45, 7) is 0.353. The first-order valence-corrected chi connectivity index (χ1v) is 10.2. The molecule has 9 heteroatoms. The fourth-order valence-electron chi connectivity index (χ4n) is 2.83. The number of hydrogen-bond acceptors (Lipinski definition) is 6. The number of amides is 2. The number of halogens is 1. The van der Waals surface area contributed by atoms with Crippen LogP contribution in [0.2, 0.25) is 0 Å². The molecule has 158 valence electrons. The number of nitrogens with one attached hydrogen (secondary N) is 2. The van der Waals surface area contributed by atoms with E-state index in [1.165, 1.54) is 12.1 Å². The fraction of sp³-hybridized carbons (Fsp3) is 0.286. The van der Waals surface area contributed by atoms with E-state index in [1.807, 2.05) is 30.3 Å². The SMILES string of the molecule is O=C(NC(Cc1ccc(O)cc1)C(=O)NC[C@@H]1CC(Br)=NO1)OCc1ccccc1. The maximum atomic E-state index is 12.7. The molecule has 2 aromatic carbocycles. The lowest BCUT2D eigenvalue weighted by molar-refractivity contribution is -0.123. The molecule has 0 saturated carbocycles. The van der Waals surface area contributed by atoms with E-state index >= 15 is 0 Å². The molecule has 1 aliphatic heterocycles. The Kier molecular flexibility index (Phi) is 7.67. The second kappa shape index (κ2) is 10.6. The fourth-order valence-corrected chi connectivity index (χ4v) is 3.27. The second-order valence-corrected chi connectivity index (χ2v) is 7.69. The van der Waals surface area contributed by atoms with Gasteiger partial charge in [-0.3, -0.25) is 4.79 Å². The van der Waals surface area contributed by atoms with E-state index < -0.39 is 12.1 Å². The number of phenols is 1. The van der Waals surface area contributed by atoms with Crippen molar-refractivity contribution in [3.05, 3.63) is 65.7 Å². The van der Waals surface area contributed by atoms with Gasteiger partial charge >= 0.3 is 6.09 Å². The van der Waals surface area contributed by atoms with Gasteiger partial charge in [-0.05, 0) is 39.2 Å². The predicted octanol–water partition coefficient (Wildman–Crippen LogP) is 2.84. The van der Waals surface area contributed by atoms with E-state index in [1.54, 1.807) is 12.1 Å². The molecular formula is C21H22BrN3O5. The van der Waals surface area contributed by atoms with Crippen LogP contribution in [0.1, 0.15) is 17.5 Å². The number of nitrogens with zero attached hydrogens (tertiary/aromatic N) is 1. The molecule has 3 N–H and O–H groups in total. The van der Waals surface area contributed by atoms with Crippen molar-refractivity contribution in [1.29, 1.82) is 0 Å². The smallest absolute Gasteiger partial charge is 0.408 e. The van der Waals surface area contributed by atoms with Gasteiger partial charge in [0.05, 0.1) is 6.54 Å². The van der Waals surface area contributed by atoms with Crippen molar-refractivity contribution in [3.8, 4) is 5.75 Å². The van der Waals surface area contributed by atoms with E-state index in [-0.39, 0.29) is 37.3 Å². The molecular weight excluding hydrogens is 454 g/mol. The zero-order chi connectivity index (χ0) is 21.3. The first-order valence-electron chi connectivity index (χ1n) is 9.40. The highest BCUT2D eigenvalue weighted by atomic mass is 79.9. The molecule has 2 atom stereocenters. The molecule has 0 aliphatic carbocycles. The quantitative estimate of drug-likeness (QED) is 0.543. The molecule has 30 heavy (non-hydrogen) atoms. The number of rotatable bonds is 8. The Hall–Kier alpha value is -3.07. The van der Waals surface area contributed by atoms with Crippen LogP contribution in [0.5, 0.6) is 5.75 Å². The molecule has 0 spiro atoms. The molecule has 1 unspecified atom stereocenters. The average Bonchev–Trinajstić information content (AvgIpc) is 3.17. The molecule has 0 fully saturated rings. The van der Waals surface area contributed by atoms with Crippen LogP contribution in [0.3, 0.4) is 0 Å². The van der Waals surface area contributed by atoms with Crippen molar-refractivity contribution in [2.45, 2.75) is 31.6 Å². The van der Waals surface area contributed by atoms with Gasteiger partial charge in [0.1, 0.15) is 23.0 Å². The number of ether oxygens (including phenoxy) is 1. The summed E-state index contributed by atoms with van der Waals surface area (Å²) >= 11 is 3.25. The third kappa shape index (κ3) is 6.77. The van der Waals surface area contributed by atoms with E-state index in [0.717, 1.165) is 11.1 Å². The Balaban J connectivity index is 1.58. The Morgan fingerprint density at radius 1 is 1.17 bits per heavy atom. The maximum absolute atomic E-state index is 12.7. The van der Waals surface area contributed by atoms with Crippen LogP contribution in [-0.4, -0.2) is 40.4 Å². The van der Waals surface area contributed by atoms with Gasteiger partial charge in [0, 0.05) is 12.8 Å². The number of alkyl carbamates (subject to hydrolysis) is 1. The minimum atomic E-state index is -0.858. The van der Waals surface area contributed by atoms with Crippen molar-refractivity contribution < 1.29 is 24.3 Å². The number of oxime groups is 1. The monoisotopic (exact) mass is 475 g/mol. The normalized spacial score (nSPS) is 16.2. The molecule has 3 rings (SSSR count). The van der Waals surface area contributed by atoms with E-state index in [0.29, 0.717) is 11.0 Å². The number of carbonyl (C=O) groups excluding carboxylic acids is 2. The van der Waals surface area contributed by atoms with Gasteiger partial charge in [-0.1, -0.05) is 47.6 Å². The highest BCUT2D eigenvalue weighted by Gasteiger charge is 2.25. The van der Waals surface area contributed by atoms with E-state index in [9.17, 15) is 14.7 Å². The molecule has 0 aromatic heterocycles. The lowest BCUT2D eigenvalue weighted by Gasteiger charge is -2.19. The number of phenolic OH excluding ortho intramolecular Hbond substituents is 1. The summed E-state index contributed by atoms with van der Waals surface area (Å²) in [6.07, 6.45) is -0.156. The van der Waals surface area contributed by atoms with Crippen molar-refractivity contribution in [3.63, 3.8) is 0 Å². The van der Waals surface area contributed by atoms with Crippen LogP contribution in [0, 0.1) is 0 Å². The average molecular weight is 476 g/mol. The summed E-state index contributed by atoms with van der Waals surface area (Å²) in [7, 11) is 0. The van der Waals surface area contributed by atoms with Crippen LogP contribution < -0.4 is 10.6 Å². The molecule has 1 aliphatic rings. The Bertz CT molecular complexity index is 889. The first-order chi connectivity index (χ1) is 14.5. The molecule has 0 radical (unpaired) electrons. The van der Waals surface area contributed by atoms with Crippen LogP contribution in [0.25, 0.3) is 0 Å². The molecule has 2 aromatic rings. The van der Waals surface area contributed by atoms with E-state index in [2.05, 4.69) is 31.7 Å². The minimum absolute atomic E-state index is 0.0987. The van der Waals surface area contributed by atoms with Crippen LogP contribution >= 0.6 is 15.9 Å². The predicted molar refractivity (Wildman–Crippen MR) is 114 cm³/mol. The molecule has 1 heterocycles. The largest absolute Gasteiger partial charge is 0.508 e. The lowest BCUT2D eigenvalue weighted by atomic mass is 10.0. The van der Waals surface area contributed by atoms with Gasteiger partial charge in [0.25, 0.3) is 0 Å². The van der Waals surface area contributed by atoms with Gasteiger partial charge in [-0.15, -0.1) is 0 Å². The van der Waals surface area contributed by atoms with Gasteiger partial charge in [0.2, 0.25) is 5.91 Å². The van der Waals surface area contributed by atoms with Crippen LogP contribution in [-0.2, 0) is 27.4 Å². The summed E-state index contributed by atoms with van der Waals surface area (Å²) in [5.41, 5.74) is 1.62. The molecule has 2 amide bonds. The van der Waals surface area contributed by atoms with Gasteiger partial charge in [-0.25, -0.2) is 4.79 Å². The summed E-state index contributed by atoms with van der Waals surface area (Å²) in [4.78, 5) is 30.2. The summed E-state index contributed by atoms with van der Waals surface area (Å²) in [5.74, 6) is -0.245. The summed E-state index contributed by atoms with van der Waals surface area (Å²) in [6, 6.07) is 14.8. The number of benzene rings is 2. The van der Waals surface area contributed by atoms with Gasteiger partial charge in [-0.2, -0.15) is 0 Å². The second-order valence-electron chi connectivity index (χ2n) is 6.77. The molecule has 0 saturated heterocycles.